The Labute approximate surface area is 93.9 Å². The van der Waals surface area contributed by atoms with Crippen LogP contribution < -0.4 is 5.32 Å². The predicted octanol–water partition coefficient (Wildman–Crippen LogP) is 0.987. The molecule has 1 amide bonds. The number of aliphatic hydroxyl groups is 2. The molecule has 1 heterocycles. The number of para-hydroxylation sites is 1. The lowest BCUT2D eigenvalue weighted by Gasteiger charge is -2.26. The number of carbonyl (C=O) groups excluding carboxylic acids is 1. The Morgan fingerprint density at radius 1 is 1.44 bits per heavy atom. The first kappa shape index (κ1) is 11.1. The molecule has 0 saturated carbocycles. The Morgan fingerprint density at radius 3 is 2.81 bits per heavy atom. The highest BCUT2D eigenvalue weighted by Gasteiger charge is 2.50. The minimum Gasteiger partial charge on any atom is -0.389 e. The van der Waals surface area contributed by atoms with Crippen LogP contribution in [-0.2, 0) is 10.4 Å². The minimum absolute atomic E-state index is 0.387. The molecule has 0 aromatic heterocycles. The van der Waals surface area contributed by atoms with Gasteiger partial charge in [-0.2, -0.15) is 0 Å². The Hall–Kier alpha value is -1.39. The van der Waals surface area contributed by atoms with Crippen molar-refractivity contribution in [2.24, 2.45) is 0 Å². The highest BCUT2D eigenvalue weighted by Crippen LogP contribution is 2.39. The van der Waals surface area contributed by atoms with Crippen molar-refractivity contribution in [3.05, 3.63) is 29.8 Å². The zero-order valence-corrected chi connectivity index (χ0v) is 9.10. The van der Waals surface area contributed by atoms with Crippen molar-refractivity contribution in [3.8, 4) is 0 Å². The predicted molar refractivity (Wildman–Crippen MR) is 59.9 cm³/mol. The van der Waals surface area contributed by atoms with Gasteiger partial charge in [0.2, 0.25) is 0 Å². The molecule has 0 bridgehead atoms. The fraction of sp³-hybridized carbons (Fsp3) is 0.417. The van der Waals surface area contributed by atoms with Gasteiger partial charge >= 0.3 is 0 Å². The van der Waals surface area contributed by atoms with E-state index >= 15 is 0 Å². The number of fused-ring (bicyclic) bond motifs is 1. The third-order valence-corrected chi connectivity index (χ3v) is 2.98. The molecular weight excluding hydrogens is 206 g/mol. The van der Waals surface area contributed by atoms with Gasteiger partial charge in [-0.25, -0.2) is 0 Å². The maximum Gasteiger partial charge on any atom is 0.263 e. The number of rotatable bonds is 3. The van der Waals surface area contributed by atoms with Crippen LogP contribution in [0.2, 0.25) is 0 Å². The number of benzene rings is 1. The molecular formula is C12H15NO3. The van der Waals surface area contributed by atoms with Crippen LogP contribution in [0.25, 0.3) is 0 Å². The molecule has 86 valence electrons. The van der Waals surface area contributed by atoms with E-state index in [-0.39, 0.29) is 0 Å². The van der Waals surface area contributed by atoms with Crippen LogP contribution in [0.1, 0.15) is 25.3 Å². The Kier molecular flexibility index (Phi) is 2.69. The lowest BCUT2D eigenvalue weighted by molar-refractivity contribution is -0.147. The molecule has 2 rings (SSSR count). The zero-order valence-electron chi connectivity index (χ0n) is 9.10. The van der Waals surface area contributed by atoms with Crippen molar-refractivity contribution in [2.45, 2.75) is 31.5 Å². The van der Waals surface area contributed by atoms with Gasteiger partial charge < -0.3 is 15.5 Å². The molecule has 4 heteroatoms. The summed E-state index contributed by atoms with van der Waals surface area (Å²) in [6.07, 6.45) is 0.0260. The standard InChI is InChI=1S/C12H15NO3/c1-2-5-10(14)12(16)8-6-3-4-7-9(8)13-11(12)15/h3-4,6-7,10,14,16H,2,5H2,1H3,(H,13,15). The second-order valence-electron chi connectivity index (χ2n) is 4.07. The summed E-state index contributed by atoms with van der Waals surface area (Å²) in [4.78, 5) is 11.7. The van der Waals surface area contributed by atoms with E-state index in [1.54, 1.807) is 24.3 Å². The molecule has 1 aliphatic rings. The van der Waals surface area contributed by atoms with Gasteiger partial charge in [0, 0.05) is 11.3 Å². The van der Waals surface area contributed by atoms with Gasteiger partial charge in [-0.1, -0.05) is 31.5 Å². The lowest BCUT2D eigenvalue weighted by atomic mass is 9.87. The first-order valence-corrected chi connectivity index (χ1v) is 5.42. The van der Waals surface area contributed by atoms with E-state index < -0.39 is 17.6 Å². The van der Waals surface area contributed by atoms with Gasteiger partial charge in [0.15, 0.2) is 5.60 Å². The number of hydrogen-bond donors (Lipinski definition) is 3. The number of hydrogen-bond acceptors (Lipinski definition) is 3. The van der Waals surface area contributed by atoms with E-state index in [4.69, 9.17) is 0 Å². The van der Waals surface area contributed by atoms with Gasteiger partial charge in [0.1, 0.15) is 0 Å². The Morgan fingerprint density at radius 2 is 2.12 bits per heavy atom. The summed E-state index contributed by atoms with van der Waals surface area (Å²) >= 11 is 0. The van der Waals surface area contributed by atoms with E-state index in [2.05, 4.69) is 5.32 Å². The van der Waals surface area contributed by atoms with Crippen molar-refractivity contribution < 1.29 is 15.0 Å². The van der Waals surface area contributed by atoms with E-state index in [1.807, 2.05) is 6.92 Å². The summed E-state index contributed by atoms with van der Waals surface area (Å²) in [5, 5.41) is 22.8. The van der Waals surface area contributed by atoms with Crippen LogP contribution >= 0.6 is 0 Å². The first-order valence-electron chi connectivity index (χ1n) is 5.42. The lowest BCUT2D eigenvalue weighted by Crippen LogP contribution is -2.45. The summed E-state index contributed by atoms with van der Waals surface area (Å²) < 4.78 is 0. The van der Waals surface area contributed by atoms with Crippen LogP contribution in [0.4, 0.5) is 5.69 Å². The summed E-state index contributed by atoms with van der Waals surface area (Å²) in [7, 11) is 0. The first-order chi connectivity index (χ1) is 7.60. The van der Waals surface area contributed by atoms with Crippen molar-refractivity contribution in [2.75, 3.05) is 5.32 Å². The molecule has 3 N–H and O–H groups in total. The Bertz CT molecular complexity index is 418. The van der Waals surface area contributed by atoms with E-state index in [0.717, 1.165) is 0 Å². The summed E-state index contributed by atoms with van der Waals surface area (Å²) in [6, 6.07) is 6.88. The van der Waals surface area contributed by atoms with Gasteiger partial charge in [-0.3, -0.25) is 4.79 Å². The van der Waals surface area contributed by atoms with E-state index in [0.29, 0.717) is 24.1 Å². The van der Waals surface area contributed by atoms with Crippen LogP contribution in [0.3, 0.4) is 0 Å². The summed E-state index contributed by atoms with van der Waals surface area (Å²) in [6.45, 7) is 1.89. The molecule has 0 fully saturated rings. The number of nitrogens with one attached hydrogen (secondary N) is 1. The van der Waals surface area contributed by atoms with Gasteiger partial charge in [0.25, 0.3) is 5.91 Å². The molecule has 0 saturated heterocycles. The monoisotopic (exact) mass is 221 g/mol. The van der Waals surface area contributed by atoms with Gasteiger partial charge in [-0.05, 0) is 12.5 Å². The van der Waals surface area contributed by atoms with E-state index in [9.17, 15) is 15.0 Å². The van der Waals surface area contributed by atoms with Gasteiger partial charge in [0.05, 0.1) is 6.10 Å². The van der Waals surface area contributed by atoms with Crippen molar-refractivity contribution in [1.82, 2.24) is 0 Å². The average molecular weight is 221 g/mol. The number of anilines is 1. The molecule has 2 atom stereocenters. The summed E-state index contributed by atoms with van der Waals surface area (Å²) in [5.41, 5.74) is -0.766. The molecule has 0 spiro atoms. The van der Waals surface area contributed by atoms with Crippen molar-refractivity contribution in [3.63, 3.8) is 0 Å². The molecule has 4 nitrogen and oxygen atoms in total. The smallest absolute Gasteiger partial charge is 0.263 e. The molecule has 1 aromatic rings. The summed E-state index contributed by atoms with van der Waals surface area (Å²) in [5.74, 6) is -0.547. The molecule has 1 aromatic carbocycles. The van der Waals surface area contributed by atoms with Crippen LogP contribution in [0, 0.1) is 0 Å². The largest absolute Gasteiger partial charge is 0.389 e. The van der Waals surface area contributed by atoms with Crippen LogP contribution in [0.15, 0.2) is 24.3 Å². The Balaban J connectivity index is 2.44. The minimum atomic E-state index is -1.80. The highest BCUT2D eigenvalue weighted by atomic mass is 16.4. The molecule has 2 unspecified atom stereocenters. The average Bonchev–Trinajstić information content (AvgIpc) is 2.53. The van der Waals surface area contributed by atoms with E-state index in [1.165, 1.54) is 0 Å². The molecule has 16 heavy (non-hydrogen) atoms. The number of carbonyl (C=O) groups is 1. The highest BCUT2D eigenvalue weighted by molar-refractivity contribution is 6.05. The second-order valence-corrected chi connectivity index (χ2v) is 4.07. The second kappa shape index (κ2) is 3.88. The zero-order chi connectivity index (χ0) is 11.8. The van der Waals surface area contributed by atoms with Crippen molar-refractivity contribution >= 4 is 11.6 Å². The fourth-order valence-electron chi connectivity index (χ4n) is 2.08. The topological polar surface area (TPSA) is 69.6 Å². The van der Waals surface area contributed by atoms with Crippen LogP contribution in [0.5, 0.6) is 0 Å². The molecule has 1 aliphatic heterocycles. The fourth-order valence-corrected chi connectivity index (χ4v) is 2.08. The van der Waals surface area contributed by atoms with Crippen molar-refractivity contribution in [1.29, 1.82) is 0 Å². The maximum atomic E-state index is 11.7. The molecule has 0 radical (unpaired) electrons. The molecule has 0 aliphatic carbocycles. The third kappa shape index (κ3) is 1.42. The normalized spacial score (nSPS) is 25.1. The third-order valence-electron chi connectivity index (χ3n) is 2.98. The SMILES string of the molecule is CCCC(O)C1(O)C(=O)Nc2ccccc21. The van der Waals surface area contributed by atoms with Crippen LogP contribution in [-0.4, -0.2) is 22.2 Å². The number of amides is 1. The quantitative estimate of drug-likeness (QED) is 0.712. The maximum absolute atomic E-state index is 11.7. The number of aliphatic hydroxyl groups excluding tert-OH is 1. The van der Waals surface area contributed by atoms with Gasteiger partial charge in [-0.15, -0.1) is 0 Å².